The van der Waals surface area contributed by atoms with E-state index in [-0.39, 0.29) is 55.2 Å². The first-order chi connectivity index (χ1) is 21.2. The number of nitrogens with zero attached hydrogens (tertiary/aromatic N) is 2. The third kappa shape index (κ3) is 7.67. The van der Waals surface area contributed by atoms with Crippen LogP contribution in [0.1, 0.15) is 54.4 Å². The summed E-state index contributed by atoms with van der Waals surface area (Å²) in [5, 5.41) is 21.7. The van der Waals surface area contributed by atoms with Crippen molar-refractivity contribution in [2.75, 3.05) is 0 Å². The predicted octanol–water partition coefficient (Wildman–Crippen LogP) is 6.32. The molecule has 1 aliphatic rings. The molecule has 0 saturated carbocycles. The van der Waals surface area contributed by atoms with Crippen molar-refractivity contribution >= 4 is 35.1 Å². The summed E-state index contributed by atoms with van der Waals surface area (Å²) in [6.45, 7) is 2.74. The zero-order valence-corrected chi connectivity index (χ0v) is 25.5. The van der Waals surface area contributed by atoms with Gasteiger partial charge in [0.05, 0.1) is 38.1 Å². The molecule has 0 radical (unpaired) electrons. The van der Waals surface area contributed by atoms with Crippen LogP contribution in [0, 0.1) is 5.92 Å². The average molecular weight is 639 g/mol. The number of nitrogens with one attached hydrogen (secondary N) is 1. The molecule has 44 heavy (non-hydrogen) atoms. The summed E-state index contributed by atoms with van der Waals surface area (Å²) in [7, 11) is 0. The number of benzene rings is 3. The van der Waals surface area contributed by atoms with Gasteiger partial charge >= 0.3 is 5.97 Å². The molecule has 4 aromatic rings. The molecular weight excluding hydrogens is 605 g/mol. The Morgan fingerprint density at radius 1 is 0.932 bits per heavy atom. The second kappa shape index (κ2) is 14.4. The smallest absolute Gasteiger partial charge is 0.303 e. The maximum atomic E-state index is 12.0. The van der Waals surface area contributed by atoms with Gasteiger partial charge in [0.15, 0.2) is 11.4 Å². The van der Waals surface area contributed by atoms with Crippen molar-refractivity contribution in [3.8, 4) is 11.1 Å². The Morgan fingerprint density at radius 3 is 2.34 bits per heavy atom. The normalized spacial score (nSPS) is 19.9. The number of aliphatic hydroxyl groups is 1. The van der Waals surface area contributed by atoms with Crippen molar-refractivity contribution in [2.45, 2.75) is 58.0 Å². The van der Waals surface area contributed by atoms with Crippen LogP contribution in [0.4, 0.5) is 0 Å². The number of carbonyl (C=O) groups is 2. The first-order valence-electron chi connectivity index (χ1n) is 14.3. The molecule has 2 heterocycles. The highest BCUT2D eigenvalue weighted by atomic mass is 35.5. The third-order valence-electron chi connectivity index (χ3n) is 7.71. The molecule has 0 bridgehead atoms. The number of hydrogen-bond acceptors (Lipinski definition) is 6. The molecule has 4 atom stereocenters. The summed E-state index contributed by atoms with van der Waals surface area (Å²) >= 11 is 12.5. The highest BCUT2D eigenvalue weighted by molar-refractivity contribution is 6.40. The summed E-state index contributed by atoms with van der Waals surface area (Å²) in [6, 6.07) is 23.4. The van der Waals surface area contributed by atoms with Crippen molar-refractivity contribution < 1.29 is 29.3 Å². The number of ether oxygens (including phenoxy) is 2. The van der Waals surface area contributed by atoms with Gasteiger partial charge in [-0.25, -0.2) is 4.98 Å². The number of imidazole rings is 1. The third-order valence-corrected chi connectivity index (χ3v) is 8.48. The molecule has 9 nitrogen and oxygen atoms in total. The van der Waals surface area contributed by atoms with Crippen molar-refractivity contribution in [1.82, 2.24) is 14.9 Å². The number of aliphatic carboxylic acids is 1. The SMILES string of the molecule is C[C@H]1[C@@H](Cn2cnc(Cl)c2Cl)O[C@@H](c2cccc(-c3cccc(CNC(=O)CCC(=O)O)c3)c2)O[C@H]1c1ccc(CO)cc1. The second-order valence-corrected chi connectivity index (χ2v) is 11.5. The molecule has 0 spiro atoms. The fraction of sp³-hybridized carbons (Fsp3) is 0.303. The van der Waals surface area contributed by atoms with Gasteiger partial charge < -0.3 is 29.6 Å². The molecule has 1 aromatic heterocycles. The minimum absolute atomic E-state index is 0.0410. The molecule has 11 heteroatoms. The lowest BCUT2D eigenvalue weighted by Gasteiger charge is -2.41. The highest BCUT2D eigenvalue weighted by Gasteiger charge is 2.39. The van der Waals surface area contributed by atoms with Crippen LogP contribution in [-0.4, -0.2) is 37.7 Å². The number of carboxylic acids is 1. The number of halogens is 2. The predicted molar refractivity (Wildman–Crippen MR) is 166 cm³/mol. The van der Waals surface area contributed by atoms with Gasteiger partial charge in [-0.15, -0.1) is 0 Å². The Hall–Kier alpha value is -3.73. The number of amides is 1. The minimum Gasteiger partial charge on any atom is -0.481 e. The van der Waals surface area contributed by atoms with Crippen LogP contribution >= 0.6 is 23.2 Å². The van der Waals surface area contributed by atoms with E-state index in [1.165, 1.54) is 0 Å². The van der Waals surface area contributed by atoms with Crippen LogP contribution in [0.25, 0.3) is 11.1 Å². The maximum Gasteiger partial charge on any atom is 0.303 e. The van der Waals surface area contributed by atoms with Gasteiger partial charge in [-0.1, -0.05) is 90.8 Å². The molecule has 1 aliphatic heterocycles. The number of hydrogen-bond donors (Lipinski definition) is 3. The number of carboxylic acid groups (broad SMARTS) is 1. The summed E-state index contributed by atoms with van der Waals surface area (Å²) in [6.07, 6.45) is 0.0370. The largest absolute Gasteiger partial charge is 0.481 e. The summed E-state index contributed by atoms with van der Waals surface area (Å²) in [5.41, 5.74) is 5.39. The molecule has 5 rings (SSSR count). The first kappa shape index (κ1) is 31.7. The van der Waals surface area contributed by atoms with Crippen LogP contribution in [0.2, 0.25) is 10.3 Å². The molecule has 3 N–H and O–H groups in total. The number of aliphatic hydroxyl groups excluding tert-OH is 1. The standard InChI is InChI=1S/C33H33Cl2N3O6/c1-20-27(17-38-19-37-31(34)32(38)35)43-33(44-30(20)23-10-8-21(18-39)9-11-23)26-7-3-6-25(15-26)24-5-2-4-22(14-24)16-36-28(40)12-13-29(41)42/h2-11,14-15,19-20,27,30,33,39H,12-13,16-18H2,1H3,(H,36,40)(H,41,42)/t20-,27+,30+,33+/m0/s1. The Morgan fingerprint density at radius 2 is 1.66 bits per heavy atom. The fourth-order valence-electron chi connectivity index (χ4n) is 5.23. The van der Waals surface area contributed by atoms with E-state index in [1.54, 1.807) is 10.9 Å². The summed E-state index contributed by atoms with van der Waals surface area (Å²) in [4.78, 5) is 26.9. The monoisotopic (exact) mass is 637 g/mol. The quantitative estimate of drug-likeness (QED) is 0.176. The highest BCUT2D eigenvalue weighted by Crippen LogP contribution is 2.43. The number of carbonyl (C=O) groups excluding carboxylic acids is 1. The lowest BCUT2D eigenvalue weighted by molar-refractivity contribution is -0.276. The Kier molecular flexibility index (Phi) is 10.3. The van der Waals surface area contributed by atoms with E-state index in [0.29, 0.717) is 11.7 Å². The van der Waals surface area contributed by atoms with Crippen LogP contribution in [0.15, 0.2) is 79.1 Å². The van der Waals surface area contributed by atoms with Gasteiger partial charge in [-0.3, -0.25) is 9.59 Å². The van der Waals surface area contributed by atoms with Crippen molar-refractivity contribution in [1.29, 1.82) is 0 Å². The van der Waals surface area contributed by atoms with E-state index in [0.717, 1.165) is 33.4 Å². The van der Waals surface area contributed by atoms with Crippen LogP contribution in [0.5, 0.6) is 0 Å². The molecular formula is C33H33Cl2N3O6. The first-order valence-corrected chi connectivity index (χ1v) is 15.0. The molecule has 1 fully saturated rings. The van der Waals surface area contributed by atoms with E-state index in [1.807, 2.05) is 72.8 Å². The van der Waals surface area contributed by atoms with Crippen LogP contribution in [-0.2, 0) is 38.8 Å². The van der Waals surface area contributed by atoms with Crippen molar-refractivity contribution in [2.24, 2.45) is 5.92 Å². The van der Waals surface area contributed by atoms with E-state index in [4.69, 9.17) is 37.8 Å². The lowest BCUT2D eigenvalue weighted by atomic mass is 9.90. The van der Waals surface area contributed by atoms with Gasteiger partial charge in [-0.05, 0) is 39.9 Å². The molecule has 1 saturated heterocycles. The molecule has 3 aromatic carbocycles. The van der Waals surface area contributed by atoms with Gasteiger partial charge in [0.2, 0.25) is 5.91 Å². The van der Waals surface area contributed by atoms with Crippen LogP contribution in [0.3, 0.4) is 0 Å². The second-order valence-electron chi connectivity index (χ2n) is 10.8. The van der Waals surface area contributed by atoms with Gasteiger partial charge in [-0.2, -0.15) is 0 Å². The summed E-state index contributed by atoms with van der Waals surface area (Å²) < 4.78 is 14.9. The van der Waals surface area contributed by atoms with E-state index >= 15 is 0 Å². The Bertz CT molecular complexity index is 1610. The topological polar surface area (TPSA) is 123 Å². The van der Waals surface area contributed by atoms with Crippen molar-refractivity contribution in [3.63, 3.8) is 0 Å². The van der Waals surface area contributed by atoms with Gasteiger partial charge in [0.1, 0.15) is 5.15 Å². The lowest BCUT2D eigenvalue weighted by Crippen LogP contribution is -2.39. The Balaban J connectivity index is 1.38. The molecule has 0 unspecified atom stereocenters. The Labute approximate surface area is 265 Å². The summed E-state index contributed by atoms with van der Waals surface area (Å²) in [5.74, 6) is -1.38. The van der Waals surface area contributed by atoms with Crippen LogP contribution < -0.4 is 5.32 Å². The number of aromatic nitrogens is 2. The van der Waals surface area contributed by atoms with E-state index in [9.17, 15) is 14.7 Å². The molecule has 230 valence electrons. The maximum absolute atomic E-state index is 12.0. The average Bonchev–Trinajstić information content (AvgIpc) is 3.36. The van der Waals surface area contributed by atoms with Crippen molar-refractivity contribution in [3.05, 3.63) is 112 Å². The number of rotatable bonds is 11. The van der Waals surface area contributed by atoms with Gasteiger partial charge in [0, 0.05) is 24.4 Å². The van der Waals surface area contributed by atoms with E-state index < -0.39 is 12.3 Å². The molecule has 1 amide bonds. The molecule has 0 aliphatic carbocycles. The van der Waals surface area contributed by atoms with E-state index in [2.05, 4.69) is 17.2 Å². The minimum atomic E-state index is -1.01. The fourth-order valence-corrected chi connectivity index (χ4v) is 5.54. The zero-order valence-electron chi connectivity index (χ0n) is 24.0. The zero-order chi connectivity index (χ0) is 31.2. The van der Waals surface area contributed by atoms with Gasteiger partial charge in [0.25, 0.3) is 0 Å².